The smallest absolute Gasteiger partial charge is 0.286 e. The van der Waals surface area contributed by atoms with Crippen molar-refractivity contribution in [3.05, 3.63) is 80.1 Å². The minimum absolute atomic E-state index is 0.00102. The molecule has 1 aromatic heterocycles. The van der Waals surface area contributed by atoms with Crippen LogP contribution in [0, 0.1) is 5.92 Å². The van der Waals surface area contributed by atoms with Crippen LogP contribution in [0.5, 0.6) is 5.75 Å². The number of hydrogen-bond acceptors (Lipinski definition) is 3. The number of ether oxygens (including phenoxy) is 1. The van der Waals surface area contributed by atoms with Crippen molar-refractivity contribution < 1.29 is 4.74 Å². The predicted octanol–water partition coefficient (Wildman–Crippen LogP) is 5.76. The average Bonchev–Trinajstić information content (AvgIpc) is 3.05. The first kappa shape index (κ1) is 23.1. The summed E-state index contributed by atoms with van der Waals surface area (Å²) in [7, 11) is 0. The monoisotopic (exact) mass is 517 g/mol. The Labute approximate surface area is 202 Å². The fraction of sp³-hybridized carbons (Fsp3) is 0.400. The first-order valence-corrected chi connectivity index (χ1v) is 12.4. The van der Waals surface area contributed by atoms with E-state index in [0.717, 1.165) is 62.6 Å². The Morgan fingerprint density at radius 3 is 2.53 bits per heavy atom. The summed E-state index contributed by atoms with van der Waals surface area (Å²) in [6.45, 7) is 6.37. The van der Waals surface area contributed by atoms with Gasteiger partial charge in [-0.3, -0.25) is 14.4 Å². The van der Waals surface area contributed by atoms with Crippen LogP contribution in [0.1, 0.15) is 31.9 Å². The number of aromatic nitrogens is 2. The van der Waals surface area contributed by atoms with Gasteiger partial charge in [0.25, 0.3) is 5.56 Å². The van der Waals surface area contributed by atoms with Crippen molar-refractivity contribution in [2.75, 3.05) is 19.7 Å². The topological polar surface area (TPSA) is 39.4 Å². The Morgan fingerprint density at radius 2 is 1.84 bits per heavy atom. The molecule has 0 unspecified atom stereocenters. The quantitative estimate of drug-likeness (QED) is 0.381. The Kier molecular flexibility index (Phi) is 7.76. The maximum atomic E-state index is 13.0. The third-order valence-electron chi connectivity index (χ3n) is 6.16. The number of hydrogen-bond donors (Lipinski definition) is 0. The SMILES string of the molecule is CCn1c(CN2CCC(CCOc3cccc(Cl)c3)CC2)c(Br)c(=O)n1-c1ccccc1. The summed E-state index contributed by atoms with van der Waals surface area (Å²) in [4.78, 5) is 15.4. The van der Waals surface area contributed by atoms with Gasteiger partial charge in [-0.1, -0.05) is 35.9 Å². The molecule has 7 heteroatoms. The van der Waals surface area contributed by atoms with Crippen molar-refractivity contribution in [3.63, 3.8) is 0 Å². The van der Waals surface area contributed by atoms with Crippen molar-refractivity contribution in [1.29, 1.82) is 0 Å². The lowest BCUT2D eigenvalue weighted by molar-refractivity contribution is 0.154. The number of rotatable bonds is 8. The van der Waals surface area contributed by atoms with Crippen LogP contribution in [0.4, 0.5) is 0 Å². The molecule has 4 rings (SSSR count). The molecule has 1 saturated heterocycles. The van der Waals surface area contributed by atoms with E-state index < -0.39 is 0 Å². The third kappa shape index (κ3) is 5.30. The molecule has 0 N–H and O–H groups in total. The number of halogens is 2. The van der Waals surface area contributed by atoms with Gasteiger partial charge in [-0.25, -0.2) is 4.68 Å². The predicted molar refractivity (Wildman–Crippen MR) is 133 cm³/mol. The maximum Gasteiger partial charge on any atom is 0.286 e. The third-order valence-corrected chi connectivity index (χ3v) is 7.19. The van der Waals surface area contributed by atoms with Crippen LogP contribution in [0.2, 0.25) is 5.02 Å². The minimum Gasteiger partial charge on any atom is -0.494 e. The van der Waals surface area contributed by atoms with E-state index in [9.17, 15) is 4.79 Å². The summed E-state index contributed by atoms with van der Waals surface area (Å²) in [6, 6.07) is 17.4. The minimum atomic E-state index is 0.00102. The number of nitrogens with zero attached hydrogens (tertiary/aromatic N) is 3. The zero-order valence-electron chi connectivity index (χ0n) is 18.3. The Morgan fingerprint density at radius 1 is 1.09 bits per heavy atom. The Balaban J connectivity index is 1.35. The molecular weight excluding hydrogens is 490 g/mol. The van der Waals surface area contributed by atoms with Crippen molar-refractivity contribution in [1.82, 2.24) is 14.3 Å². The molecule has 0 saturated carbocycles. The average molecular weight is 519 g/mol. The molecule has 1 fully saturated rings. The van der Waals surface area contributed by atoms with Crippen LogP contribution in [-0.2, 0) is 13.1 Å². The van der Waals surface area contributed by atoms with Gasteiger partial charge in [-0.15, -0.1) is 0 Å². The van der Waals surface area contributed by atoms with E-state index in [-0.39, 0.29) is 5.56 Å². The lowest BCUT2D eigenvalue weighted by Crippen LogP contribution is -2.34. The fourth-order valence-corrected chi connectivity index (χ4v) is 5.09. The largest absolute Gasteiger partial charge is 0.494 e. The van der Waals surface area contributed by atoms with Gasteiger partial charge >= 0.3 is 0 Å². The van der Waals surface area contributed by atoms with E-state index >= 15 is 0 Å². The summed E-state index contributed by atoms with van der Waals surface area (Å²) in [6.07, 6.45) is 3.34. The molecule has 0 amide bonds. The molecule has 1 aliphatic heterocycles. The zero-order valence-corrected chi connectivity index (χ0v) is 20.7. The van der Waals surface area contributed by atoms with Crippen LogP contribution in [-0.4, -0.2) is 34.0 Å². The van der Waals surface area contributed by atoms with Gasteiger partial charge in [0.15, 0.2) is 0 Å². The fourth-order valence-electron chi connectivity index (χ4n) is 4.41. The standard InChI is InChI=1S/C25H29BrClN3O2/c1-2-29-23(24(26)25(31)30(29)21-8-4-3-5-9-21)18-28-14-11-19(12-15-28)13-16-32-22-10-6-7-20(27)17-22/h3-10,17,19H,2,11-16,18H2,1H3. The lowest BCUT2D eigenvalue weighted by Gasteiger charge is -2.32. The van der Waals surface area contributed by atoms with Crippen LogP contribution in [0.25, 0.3) is 5.69 Å². The molecule has 2 aromatic carbocycles. The summed E-state index contributed by atoms with van der Waals surface area (Å²) in [5.41, 5.74) is 1.94. The highest BCUT2D eigenvalue weighted by Crippen LogP contribution is 2.25. The highest BCUT2D eigenvalue weighted by atomic mass is 79.9. The van der Waals surface area contributed by atoms with Gasteiger partial charge in [-0.2, -0.15) is 0 Å². The number of benzene rings is 2. The van der Waals surface area contributed by atoms with Crippen molar-refractivity contribution in [2.45, 2.75) is 39.3 Å². The molecule has 0 aliphatic carbocycles. The molecule has 0 bridgehead atoms. The van der Waals surface area contributed by atoms with Gasteiger partial charge in [0.1, 0.15) is 10.2 Å². The maximum absolute atomic E-state index is 13.0. The zero-order chi connectivity index (χ0) is 22.5. The second-order valence-electron chi connectivity index (χ2n) is 8.24. The molecule has 32 heavy (non-hydrogen) atoms. The van der Waals surface area contributed by atoms with Gasteiger partial charge in [0.05, 0.1) is 18.0 Å². The normalized spacial score (nSPS) is 15.2. The molecule has 0 spiro atoms. The first-order valence-electron chi connectivity index (χ1n) is 11.2. The van der Waals surface area contributed by atoms with Crippen LogP contribution in [0.3, 0.4) is 0 Å². The summed E-state index contributed by atoms with van der Waals surface area (Å²) in [5, 5.41) is 0.702. The first-order chi connectivity index (χ1) is 15.6. The highest BCUT2D eigenvalue weighted by molar-refractivity contribution is 9.10. The molecule has 1 aliphatic rings. The highest BCUT2D eigenvalue weighted by Gasteiger charge is 2.24. The second kappa shape index (κ2) is 10.7. The van der Waals surface area contributed by atoms with Crippen LogP contribution < -0.4 is 10.3 Å². The summed E-state index contributed by atoms with van der Waals surface area (Å²) >= 11 is 9.61. The van der Waals surface area contributed by atoms with Gasteiger partial charge in [0, 0.05) is 18.1 Å². The number of piperidine rings is 1. The van der Waals surface area contributed by atoms with Crippen molar-refractivity contribution in [3.8, 4) is 11.4 Å². The van der Waals surface area contributed by atoms with Crippen LogP contribution in [0.15, 0.2) is 63.9 Å². The molecule has 0 atom stereocenters. The molecule has 5 nitrogen and oxygen atoms in total. The van der Waals surface area contributed by atoms with E-state index in [0.29, 0.717) is 22.0 Å². The molecular formula is C25H29BrClN3O2. The molecule has 170 valence electrons. The molecule has 3 aromatic rings. The van der Waals surface area contributed by atoms with Gasteiger partial charge < -0.3 is 4.74 Å². The van der Waals surface area contributed by atoms with E-state index in [2.05, 4.69) is 32.4 Å². The number of likely N-dealkylation sites (tertiary alicyclic amines) is 1. The van der Waals surface area contributed by atoms with E-state index in [1.165, 1.54) is 0 Å². The van der Waals surface area contributed by atoms with Crippen LogP contribution >= 0.6 is 27.5 Å². The second-order valence-corrected chi connectivity index (χ2v) is 9.47. The van der Waals surface area contributed by atoms with E-state index in [4.69, 9.17) is 16.3 Å². The number of para-hydroxylation sites is 1. The summed E-state index contributed by atoms with van der Waals surface area (Å²) in [5.74, 6) is 1.50. The molecule has 0 radical (unpaired) electrons. The van der Waals surface area contributed by atoms with E-state index in [1.807, 2.05) is 54.6 Å². The van der Waals surface area contributed by atoms with E-state index in [1.54, 1.807) is 4.68 Å². The Bertz CT molecular complexity index is 1090. The van der Waals surface area contributed by atoms with Gasteiger partial charge in [0.2, 0.25) is 0 Å². The van der Waals surface area contributed by atoms with Crippen molar-refractivity contribution >= 4 is 27.5 Å². The van der Waals surface area contributed by atoms with Crippen molar-refractivity contribution in [2.24, 2.45) is 5.92 Å². The van der Waals surface area contributed by atoms with Gasteiger partial charge in [-0.05, 0) is 91.5 Å². The lowest BCUT2D eigenvalue weighted by atomic mass is 9.94. The summed E-state index contributed by atoms with van der Waals surface area (Å²) < 4.78 is 10.4. The molecule has 2 heterocycles. The Hall–Kier alpha value is -2.02.